The van der Waals surface area contributed by atoms with Gasteiger partial charge in [-0.15, -0.1) is 0 Å². The molecule has 1 aromatic heterocycles. The van der Waals surface area contributed by atoms with Crippen molar-refractivity contribution in [3.63, 3.8) is 0 Å². The number of aromatic amines is 1. The van der Waals surface area contributed by atoms with Gasteiger partial charge in [0, 0.05) is 29.7 Å². The summed E-state index contributed by atoms with van der Waals surface area (Å²) in [6, 6.07) is 18.1. The van der Waals surface area contributed by atoms with Crippen LogP contribution in [0.15, 0.2) is 66.9 Å². The van der Waals surface area contributed by atoms with Gasteiger partial charge in [0.05, 0.1) is 20.6 Å². The number of carbonyl (C=O) groups is 2. The lowest BCUT2D eigenvalue weighted by molar-refractivity contribution is -0.141. The van der Waals surface area contributed by atoms with Gasteiger partial charge in [0.2, 0.25) is 18.6 Å². The van der Waals surface area contributed by atoms with Gasteiger partial charge in [0.1, 0.15) is 6.04 Å². The number of rotatable bonds is 10. The number of aromatic nitrogens is 1. The number of nitrogens with zero attached hydrogens (tertiary/aromatic N) is 1. The smallest absolute Gasteiger partial charge is 0.247 e. The molecule has 0 spiro atoms. The maximum Gasteiger partial charge on any atom is 0.247 e. The van der Waals surface area contributed by atoms with Gasteiger partial charge in [0.15, 0.2) is 23.0 Å². The predicted molar refractivity (Wildman–Crippen MR) is 162 cm³/mol. The molecule has 1 saturated carbocycles. The van der Waals surface area contributed by atoms with E-state index in [0.29, 0.717) is 28.6 Å². The number of nitrogens with one attached hydrogen (secondary N) is 2. The monoisotopic (exact) mass is 583 g/mol. The van der Waals surface area contributed by atoms with E-state index in [1.807, 2.05) is 54.7 Å². The van der Waals surface area contributed by atoms with Crippen molar-refractivity contribution < 1.29 is 28.5 Å². The molecule has 2 N–H and O–H groups in total. The Morgan fingerprint density at radius 3 is 2.56 bits per heavy atom. The highest BCUT2D eigenvalue weighted by atomic mass is 16.7. The van der Waals surface area contributed by atoms with E-state index in [2.05, 4.69) is 10.3 Å². The van der Waals surface area contributed by atoms with Crippen LogP contribution in [0.2, 0.25) is 0 Å². The van der Waals surface area contributed by atoms with Crippen LogP contribution in [0, 0.1) is 0 Å². The van der Waals surface area contributed by atoms with Gasteiger partial charge in [0.25, 0.3) is 0 Å². The lowest BCUT2D eigenvalue weighted by Crippen LogP contribution is -2.47. The average Bonchev–Trinajstić information content (AvgIpc) is 3.68. The van der Waals surface area contributed by atoms with Crippen molar-refractivity contribution >= 4 is 22.7 Å². The van der Waals surface area contributed by atoms with E-state index < -0.39 is 6.04 Å². The molecule has 9 nitrogen and oxygen atoms in total. The highest BCUT2D eigenvalue weighted by Crippen LogP contribution is 2.36. The summed E-state index contributed by atoms with van der Waals surface area (Å²) >= 11 is 0. The number of ether oxygens (including phenoxy) is 4. The number of para-hydroxylation sites is 1. The molecule has 2 heterocycles. The maximum atomic E-state index is 14.4. The highest BCUT2D eigenvalue weighted by Gasteiger charge is 2.34. The van der Waals surface area contributed by atoms with Crippen LogP contribution in [0.4, 0.5) is 0 Å². The Labute approximate surface area is 251 Å². The van der Waals surface area contributed by atoms with Crippen LogP contribution in [-0.4, -0.2) is 48.8 Å². The molecule has 1 atom stereocenters. The Morgan fingerprint density at radius 1 is 0.953 bits per heavy atom. The number of fused-ring (bicyclic) bond motifs is 2. The second-order valence-corrected chi connectivity index (χ2v) is 11.1. The summed E-state index contributed by atoms with van der Waals surface area (Å²) < 4.78 is 22.2. The zero-order valence-electron chi connectivity index (χ0n) is 24.6. The van der Waals surface area contributed by atoms with Gasteiger partial charge in [-0.3, -0.25) is 9.59 Å². The Kier molecular flexibility index (Phi) is 8.40. The second kappa shape index (κ2) is 12.7. The zero-order chi connectivity index (χ0) is 29.8. The molecule has 0 saturated heterocycles. The van der Waals surface area contributed by atoms with Crippen LogP contribution < -0.4 is 24.3 Å². The molecule has 43 heavy (non-hydrogen) atoms. The highest BCUT2D eigenvalue weighted by molar-refractivity contribution is 5.92. The standard InChI is InChI=1S/C34H37N3O6/c1-40-28-15-13-23(17-30(28)41-2)33(34(39)36-25-8-4-3-5-9-25)37(20-22-12-14-29-31(16-22)43-21-42-29)32(38)18-24-19-35-27-11-7-6-10-26(24)27/h6-7,10-17,19,25,33,35H,3-5,8-9,18,20-21H2,1-2H3,(H,36,39). The van der Waals surface area contributed by atoms with Gasteiger partial charge in [-0.05, 0) is 59.9 Å². The predicted octanol–water partition coefficient (Wildman–Crippen LogP) is 5.68. The maximum absolute atomic E-state index is 14.4. The van der Waals surface area contributed by atoms with Crippen molar-refractivity contribution in [2.24, 2.45) is 0 Å². The second-order valence-electron chi connectivity index (χ2n) is 11.1. The van der Waals surface area contributed by atoms with E-state index in [4.69, 9.17) is 18.9 Å². The first-order valence-electron chi connectivity index (χ1n) is 14.8. The first-order chi connectivity index (χ1) is 21.0. The third kappa shape index (κ3) is 6.11. The van der Waals surface area contributed by atoms with E-state index in [-0.39, 0.29) is 37.6 Å². The van der Waals surface area contributed by atoms with E-state index in [1.165, 1.54) is 6.42 Å². The summed E-state index contributed by atoms with van der Waals surface area (Å²) in [4.78, 5) is 33.6. The van der Waals surface area contributed by atoms with Crippen LogP contribution >= 0.6 is 0 Å². The summed E-state index contributed by atoms with van der Waals surface area (Å²) in [5, 5.41) is 4.26. The molecule has 224 valence electrons. The van der Waals surface area contributed by atoms with Crippen LogP contribution in [0.3, 0.4) is 0 Å². The minimum atomic E-state index is -0.912. The molecule has 0 bridgehead atoms. The number of H-pyrrole nitrogens is 1. The van der Waals surface area contributed by atoms with Crippen molar-refractivity contribution in [2.75, 3.05) is 21.0 Å². The van der Waals surface area contributed by atoms with Crippen LogP contribution in [0.25, 0.3) is 10.9 Å². The van der Waals surface area contributed by atoms with E-state index in [9.17, 15) is 9.59 Å². The summed E-state index contributed by atoms with van der Waals surface area (Å²) in [6.45, 7) is 0.342. The third-order valence-corrected chi connectivity index (χ3v) is 8.36. The summed E-state index contributed by atoms with van der Waals surface area (Å²) in [7, 11) is 3.13. The van der Waals surface area contributed by atoms with Gasteiger partial charge < -0.3 is 34.1 Å². The third-order valence-electron chi connectivity index (χ3n) is 8.36. The fraction of sp³-hybridized carbons (Fsp3) is 0.353. The molecule has 2 aliphatic rings. The van der Waals surface area contributed by atoms with Crippen LogP contribution in [0.1, 0.15) is 54.8 Å². The van der Waals surface area contributed by atoms with Crippen LogP contribution in [-0.2, 0) is 22.6 Å². The first-order valence-corrected chi connectivity index (χ1v) is 14.8. The lowest BCUT2D eigenvalue weighted by Gasteiger charge is -2.34. The van der Waals surface area contributed by atoms with Crippen LogP contribution in [0.5, 0.6) is 23.0 Å². The SMILES string of the molecule is COc1ccc(C(C(=O)NC2CCCCC2)N(Cc2ccc3c(c2)OCO3)C(=O)Cc2c[nH]c3ccccc23)cc1OC. The van der Waals surface area contributed by atoms with Gasteiger partial charge >= 0.3 is 0 Å². The van der Waals surface area contributed by atoms with Crippen molar-refractivity contribution in [3.05, 3.63) is 83.6 Å². The molecule has 3 aromatic carbocycles. The molecule has 1 aliphatic heterocycles. The van der Waals surface area contributed by atoms with Gasteiger partial charge in [-0.2, -0.15) is 0 Å². The molecule has 1 unspecified atom stereocenters. The number of benzene rings is 3. The fourth-order valence-corrected chi connectivity index (χ4v) is 6.12. The normalized spacial score (nSPS) is 15.2. The van der Waals surface area contributed by atoms with Crippen molar-refractivity contribution in [1.29, 1.82) is 0 Å². The number of hydrogen-bond acceptors (Lipinski definition) is 6. The number of hydrogen-bond donors (Lipinski definition) is 2. The zero-order valence-corrected chi connectivity index (χ0v) is 24.6. The Hall–Kier alpha value is -4.66. The quantitative estimate of drug-likeness (QED) is 0.249. The first kappa shape index (κ1) is 28.5. The topological polar surface area (TPSA) is 102 Å². The number of carbonyl (C=O) groups excluding carboxylic acids is 2. The molecule has 0 radical (unpaired) electrons. The minimum Gasteiger partial charge on any atom is -0.493 e. The van der Waals surface area contributed by atoms with Gasteiger partial charge in [-0.1, -0.05) is 49.6 Å². The Balaban J connectivity index is 1.41. The van der Waals surface area contributed by atoms with Crippen molar-refractivity contribution in [2.45, 2.75) is 57.2 Å². The summed E-state index contributed by atoms with van der Waals surface area (Å²) in [6.07, 6.45) is 7.17. The molecule has 9 heteroatoms. The van der Waals surface area contributed by atoms with Crippen molar-refractivity contribution in [3.8, 4) is 23.0 Å². The molecular weight excluding hydrogens is 546 g/mol. The molecule has 1 fully saturated rings. The molecule has 1 aliphatic carbocycles. The van der Waals surface area contributed by atoms with E-state index in [0.717, 1.165) is 47.7 Å². The molecular formula is C34H37N3O6. The summed E-state index contributed by atoms with van der Waals surface area (Å²) in [5.74, 6) is 1.92. The Morgan fingerprint density at radius 2 is 1.74 bits per heavy atom. The average molecular weight is 584 g/mol. The molecule has 2 amide bonds. The van der Waals surface area contributed by atoms with E-state index in [1.54, 1.807) is 31.3 Å². The Bertz CT molecular complexity index is 1610. The fourth-order valence-electron chi connectivity index (χ4n) is 6.12. The lowest BCUT2D eigenvalue weighted by atomic mass is 9.94. The minimum absolute atomic E-state index is 0.0695. The molecule has 6 rings (SSSR count). The van der Waals surface area contributed by atoms with Gasteiger partial charge in [-0.25, -0.2) is 0 Å². The number of amides is 2. The number of methoxy groups -OCH3 is 2. The molecule has 4 aromatic rings. The largest absolute Gasteiger partial charge is 0.493 e. The van der Waals surface area contributed by atoms with E-state index >= 15 is 0 Å². The summed E-state index contributed by atoms with van der Waals surface area (Å²) in [5.41, 5.74) is 3.29. The van der Waals surface area contributed by atoms with Crippen molar-refractivity contribution in [1.82, 2.24) is 15.2 Å².